The first-order chi connectivity index (χ1) is 38.2. The van der Waals surface area contributed by atoms with Gasteiger partial charge in [0.25, 0.3) is 11.1 Å². The van der Waals surface area contributed by atoms with Crippen molar-refractivity contribution in [1.29, 1.82) is 0 Å². The summed E-state index contributed by atoms with van der Waals surface area (Å²) in [6, 6.07) is 31.9. The summed E-state index contributed by atoms with van der Waals surface area (Å²) in [6.07, 6.45) is 8.09. The second-order valence-corrected chi connectivity index (χ2v) is 21.6. The van der Waals surface area contributed by atoms with Crippen LogP contribution >= 0.6 is 28.1 Å². The summed E-state index contributed by atoms with van der Waals surface area (Å²) in [7, 11) is -3.85. The maximum Gasteiger partial charge on any atom is 0.286 e. The first-order valence-corrected chi connectivity index (χ1v) is 28.0. The Morgan fingerprint density at radius 2 is 1.12 bits per heavy atom. The molecule has 0 atom stereocenters. The molecule has 412 valence electrons. The maximum absolute atomic E-state index is 14.7. The number of nitrogens with zero attached hydrogens (tertiary/aromatic N) is 9. The summed E-state index contributed by atoms with van der Waals surface area (Å²) in [4.78, 5) is 49.0. The van der Waals surface area contributed by atoms with E-state index in [-0.39, 0.29) is 56.3 Å². The molecule has 0 aliphatic carbocycles. The Bertz CT molecular complexity index is 4200. The topological polar surface area (TPSA) is 205 Å². The zero-order valence-corrected chi connectivity index (χ0v) is 45.7. The monoisotopic (exact) mass is 1190 g/mol. The van der Waals surface area contributed by atoms with E-state index in [0.717, 1.165) is 52.2 Å². The van der Waals surface area contributed by atoms with Crippen molar-refractivity contribution >= 4 is 60.1 Å². The Balaban J connectivity index is 0.000000165. The van der Waals surface area contributed by atoms with Crippen LogP contribution in [0.5, 0.6) is 23.0 Å². The standard InChI is InChI=1S/C28H24FN5O5S.C18H14FN3O3S.C10H11BrN2.CH4/c1-18-11-23(20-13-21(29)27(35)34(15-20)14-19-7-8-25-26(12-19)39-17-38-25)32-28(31-18)40(36,37)10-4-9-33-16-30-22-5-2-3-6-24(22)33;1-10-4-14(21-18(26)20-10)12-6-13(19)17(23)22(8-12)7-11-2-3-15-16(5-11)25-9-24-15;11-6-3-7-13-8-12-9-4-1-2-5-10(9)13;/h2-3,5-8,11-13,15-16H,4,9-10,14,17H2,1H3;2-6,8H,7,9H2,1H3,(H,20,21,26);1-2,4-5,8H,3,6-7H2;1H4. The van der Waals surface area contributed by atoms with Crippen molar-refractivity contribution in [1.82, 2.24) is 48.2 Å². The Hall–Kier alpha value is -8.41. The molecule has 4 aromatic carbocycles. The van der Waals surface area contributed by atoms with Crippen LogP contribution in [0.2, 0.25) is 0 Å². The predicted molar refractivity (Wildman–Crippen MR) is 305 cm³/mol. The number of pyridine rings is 2. The highest BCUT2D eigenvalue weighted by molar-refractivity contribution is 9.09. The van der Waals surface area contributed by atoms with E-state index in [0.29, 0.717) is 63.2 Å². The van der Waals surface area contributed by atoms with Crippen LogP contribution in [0.25, 0.3) is 44.6 Å². The number of ether oxygens (including phenoxy) is 4. The fourth-order valence-electron chi connectivity index (χ4n) is 8.86. The Morgan fingerprint density at radius 1 is 0.625 bits per heavy atom. The fourth-order valence-corrected chi connectivity index (χ4v) is 10.6. The van der Waals surface area contributed by atoms with Crippen LogP contribution in [-0.4, -0.2) is 81.3 Å². The van der Waals surface area contributed by atoms with Crippen molar-refractivity contribution in [2.75, 3.05) is 24.7 Å². The number of imidazole rings is 2. The summed E-state index contributed by atoms with van der Waals surface area (Å²) in [5.74, 6) is 0.399. The largest absolute Gasteiger partial charge is 0.454 e. The minimum absolute atomic E-state index is 0. The molecule has 1 N–H and O–H groups in total. The molecule has 0 saturated heterocycles. The first-order valence-electron chi connectivity index (χ1n) is 24.8. The lowest BCUT2D eigenvalue weighted by molar-refractivity contribution is 0.173. The molecule has 6 aromatic heterocycles. The van der Waals surface area contributed by atoms with E-state index in [1.54, 1.807) is 61.9 Å². The van der Waals surface area contributed by atoms with Crippen LogP contribution in [-0.2, 0) is 36.0 Å². The summed E-state index contributed by atoms with van der Waals surface area (Å²) >= 11 is 8.50. The minimum atomic E-state index is -3.85. The van der Waals surface area contributed by atoms with Gasteiger partial charge in [-0.15, -0.1) is 0 Å². The highest BCUT2D eigenvalue weighted by atomic mass is 79.9. The quantitative estimate of drug-likeness (QED) is 0.0611. The van der Waals surface area contributed by atoms with Crippen molar-refractivity contribution in [3.63, 3.8) is 0 Å². The lowest BCUT2D eigenvalue weighted by Crippen LogP contribution is -2.23. The Morgan fingerprint density at radius 3 is 1.65 bits per heavy atom. The molecule has 23 heteroatoms. The van der Waals surface area contributed by atoms with Crippen LogP contribution in [0.3, 0.4) is 0 Å². The molecule has 10 aromatic rings. The van der Waals surface area contributed by atoms with E-state index in [4.69, 9.17) is 31.2 Å². The summed E-state index contributed by atoms with van der Waals surface area (Å²) in [5.41, 5.74) is 6.68. The highest BCUT2D eigenvalue weighted by Gasteiger charge is 2.22. The third kappa shape index (κ3) is 13.0. The Labute approximate surface area is 471 Å². The van der Waals surface area contributed by atoms with Crippen LogP contribution in [0, 0.1) is 30.3 Å². The van der Waals surface area contributed by atoms with E-state index in [1.165, 1.54) is 26.9 Å². The highest BCUT2D eigenvalue weighted by Crippen LogP contribution is 2.34. The van der Waals surface area contributed by atoms with Crippen LogP contribution < -0.4 is 30.1 Å². The number of sulfone groups is 1. The van der Waals surface area contributed by atoms with Gasteiger partial charge in [-0.2, -0.15) is 0 Å². The van der Waals surface area contributed by atoms with Crippen molar-refractivity contribution in [2.24, 2.45) is 0 Å². The van der Waals surface area contributed by atoms with Crippen molar-refractivity contribution in [3.05, 3.63) is 194 Å². The van der Waals surface area contributed by atoms with Gasteiger partial charge in [0.1, 0.15) is 0 Å². The maximum atomic E-state index is 14.7. The zero-order valence-electron chi connectivity index (χ0n) is 42.5. The summed E-state index contributed by atoms with van der Waals surface area (Å²) in [5, 5.41) is 0.700. The Kier molecular flexibility index (Phi) is 17.4. The predicted octanol–water partition coefficient (Wildman–Crippen LogP) is 10.4. The molecule has 0 radical (unpaired) electrons. The number of para-hydroxylation sites is 4. The lowest BCUT2D eigenvalue weighted by Gasteiger charge is -2.11. The number of aromatic amines is 1. The van der Waals surface area contributed by atoms with E-state index in [2.05, 4.69) is 62.5 Å². The molecule has 0 spiro atoms. The zero-order chi connectivity index (χ0) is 55.2. The molecule has 2 aliphatic rings. The van der Waals surface area contributed by atoms with Gasteiger partial charge < -0.3 is 42.2 Å². The van der Waals surface area contributed by atoms with Gasteiger partial charge >= 0.3 is 0 Å². The third-order valence-corrected chi connectivity index (χ3v) is 15.0. The number of aryl methyl sites for hydroxylation is 4. The minimum Gasteiger partial charge on any atom is -0.454 e. The number of hydrogen-bond acceptors (Lipinski definition) is 14. The van der Waals surface area contributed by atoms with Gasteiger partial charge in [0.15, 0.2) is 39.4 Å². The molecule has 2 aliphatic heterocycles. The SMILES string of the molecule is BrCCCn1cnc2ccccc21.C.Cc1cc(-c2cc(F)c(=O)n(Cc3ccc4c(c3)OCO4)c2)nc(=S)[nH]1.Cc1cc(-c2cc(F)c(=O)n(Cc3ccc4c(c3)OCO4)c2)nc(S(=O)(=O)CCCn2cnc3ccccc32)n1. The van der Waals surface area contributed by atoms with Crippen molar-refractivity contribution in [3.8, 4) is 45.5 Å². The van der Waals surface area contributed by atoms with Crippen molar-refractivity contribution in [2.45, 2.75) is 65.5 Å². The molecule has 0 saturated carbocycles. The number of H-pyrrole nitrogens is 1. The second kappa shape index (κ2) is 24.7. The van der Waals surface area contributed by atoms with E-state index in [1.807, 2.05) is 60.3 Å². The van der Waals surface area contributed by atoms with E-state index in [9.17, 15) is 26.8 Å². The van der Waals surface area contributed by atoms with Crippen LogP contribution in [0.15, 0.2) is 149 Å². The van der Waals surface area contributed by atoms with Gasteiger partial charge in [-0.05, 0) is 123 Å². The second-order valence-electron chi connectivity index (χ2n) is 18.4. The van der Waals surface area contributed by atoms with E-state index < -0.39 is 32.6 Å². The number of benzene rings is 4. The number of nitrogens with one attached hydrogen (secondary N) is 1. The number of halogens is 3. The molecule has 18 nitrogen and oxygen atoms in total. The lowest BCUT2D eigenvalue weighted by atomic mass is 10.1. The first kappa shape index (κ1) is 56.3. The van der Waals surface area contributed by atoms with Crippen molar-refractivity contribution < 1.29 is 36.1 Å². The summed E-state index contributed by atoms with van der Waals surface area (Å²) < 4.78 is 83.5. The fraction of sp³-hybridized carbons (Fsp3) is 0.228. The van der Waals surface area contributed by atoms with Gasteiger partial charge in [-0.1, -0.05) is 59.8 Å². The summed E-state index contributed by atoms with van der Waals surface area (Å²) in [6.45, 7) is 5.50. The van der Waals surface area contributed by atoms with Crippen LogP contribution in [0.1, 0.15) is 42.8 Å². The molecule has 0 amide bonds. The number of rotatable bonds is 14. The normalized spacial score (nSPS) is 12.2. The third-order valence-electron chi connectivity index (χ3n) is 12.6. The van der Waals surface area contributed by atoms with E-state index >= 15 is 0 Å². The smallest absolute Gasteiger partial charge is 0.286 e. The average Bonchev–Trinajstić information content (AvgIpc) is 4.29. The molecule has 0 bridgehead atoms. The van der Waals surface area contributed by atoms with Gasteiger partial charge in [0.2, 0.25) is 28.6 Å². The molecule has 12 rings (SSSR count). The molecule has 8 heterocycles. The molecular weight excluding hydrogens is 1130 g/mol. The van der Waals surface area contributed by atoms with Gasteiger partial charge in [-0.3, -0.25) is 9.59 Å². The van der Waals surface area contributed by atoms with Gasteiger partial charge in [0, 0.05) is 53.3 Å². The molecule has 0 fully saturated rings. The number of aromatic nitrogens is 10. The number of hydrogen-bond donors (Lipinski definition) is 1. The number of fused-ring (bicyclic) bond motifs is 4. The average molecular weight is 1190 g/mol. The molecular formula is C57H53BrF2N10O8S2. The molecule has 0 unspecified atom stereocenters. The van der Waals surface area contributed by atoms with Crippen LogP contribution in [0.4, 0.5) is 8.78 Å². The number of alkyl halides is 1. The van der Waals surface area contributed by atoms with Gasteiger partial charge in [-0.25, -0.2) is 42.1 Å². The molecule has 80 heavy (non-hydrogen) atoms. The van der Waals surface area contributed by atoms with Gasteiger partial charge in [0.05, 0.1) is 65.0 Å².